The molecule has 0 N–H and O–H groups in total. The molecule has 102 valence electrons. The van der Waals surface area contributed by atoms with Crippen LogP contribution in [0.1, 0.15) is 35.9 Å². The van der Waals surface area contributed by atoms with Gasteiger partial charge in [-0.15, -0.1) is 0 Å². The van der Waals surface area contributed by atoms with Gasteiger partial charge in [-0.3, -0.25) is 4.79 Å². The minimum absolute atomic E-state index is 0.137. The summed E-state index contributed by atoms with van der Waals surface area (Å²) >= 11 is 0. The second-order valence-corrected chi connectivity index (χ2v) is 4.75. The van der Waals surface area contributed by atoms with E-state index in [-0.39, 0.29) is 11.6 Å². The smallest absolute Gasteiger partial charge is 0.302 e. The molecule has 3 nitrogen and oxygen atoms in total. The number of fused-ring (bicyclic) bond motifs is 1. The summed E-state index contributed by atoms with van der Waals surface area (Å²) in [5.41, 5.74) is 1.14. The van der Waals surface area contributed by atoms with Crippen molar-refractivity contribution in [2.45, 2.75) is 25.9 Å². The highest BCUT2D eigenvalue weighted by atomic mass is 19.4. The summed E-state index contributed by atoms with van der Waals surface area (Å²) in [5.74, 6) is -1.69. The Morgan fingerprint density at radius 1 is 1.32 bits per heavy atom. The van der Waals surface area contributed by atoms with Crippen LogP contribution in [0.5, 0.6) is 0 Å². The van der Waals surface area contributed by atoms with E-state index in [2.05, 4.69) is 0 Å². The molecule has 19 heavy (non-hydrogen) atoms. The van der Waals surface area contributed by atoms with Gasteiger partial charge in [-0.25, -0.2) is 4.57 Å². The fourth-order valence-corrected chi connectivity index (χ4v) is 2.28. The van der Waals surface area contributed by atoms with Gasteiger partial charge in [0.15, 0.2) is 6.20 Å². The molecule has 2 aromatic heterocycles. The summed E-state index contributed by atoms with van der Waals surface area (Å²) in [6, 6.07) is 2.77. The van der Waals surface area contributed by atoms with Crippen LogP contribution in [0.4, 0.5) is 13.2 Å². The maximum Gasteiger partial charge on any atom is 0.456 e. The molecule has 0 radical (unpaired) electrons. The van der Waals surface area contributed by atoms with Crippen LogP contribution < -0.4 is 4.57 Å². The van der Waals surface area contributed by atoms with Crippen LogP contribution in [0.25, 0.3) is 5.52 Å². The standard InChI is InChI=1S/C13H14F3N2O/c1-8(2)11-9-4-5-10(12(19)13(14,15)16)18(9)7-6-17(11)3/h4-8H,1-3H3/q+1. The molecule has 0 amide bonds. The van der Waals surface area contributed by atoms with Crippen LogP contribution in [0, 0.1) is 0 Å². The third kappa shape index (κ3) is 2.22. The van der Waals surface area contributed by atoms with E-state index in [0.717, 1.165) is 5.69 Å². The molecule has 0 aromatic carbocycles. The molecule has 0 bridgehead atoms. The first kappa shape index (κ1) is 13.6. The molecular formula is C13H14F3N2O+. The average Bonchev–Trinajstić information content (AvgIpc) is 2.69. The number of carbonyl (C=O) groups is 1. The molecule has 2 rings (SSSR count). The zero-order valence-corrected chi connectivity index (χ0v) is 10.8. The Morgan fingerprint density at radius 2 is 1.95 bits per heavy atom. The number of hydrogen-bond acceptors (Lipinski definition) is 1. The largest absolute Gasteiger partial charge is 0.456 e. The Bertz CT molecular complexity index is 641. The van der Waals surface area contributed by atoms with Crippen molar-refractivity contribution in [2.24, 2.45) is 7.05 Å². The molecule has 2 heterocycles. The van der Waals surface area contributed by atoms with Crippen molar-refractivity contribution < 1.29 is 22.5 Å². The van der Waals surface area contributed by atoms with Crippen molar-refractivity contribution in [3.8, 4) is 0 Å². The summed E-state index contributed by atoms with van der Waals surface area (Å²) in [7, 11) is 1.83. The monoisotopic (exact) mass is 271 g/mol. The van der Waals surface area contributed by atoms with Crippen molar-refractivity contribution >= 4 is 11.3 Å². The van der Waals surface area contributed by atoms with E-state index in [4.69, 9.17) is 0 Å². The molecule has 6 heteroatoms. The van der Waals surface area contributed by atoms with E-state index in [0.29, 0.717) is 5.52 Å². The minimum Gasteiger partial charge on any atom is -0.302 e. The normalized spacial score (nSPS) is 12.4. The lowest BCUT2D eigenvalue weighted by atomic mass is 10.1. The highest BCUT2D eigenvalue weighted by Gasteiger charge is 2.41. The van der Waals surface area contributed by atoms with Crippen molar-refractivity contribution in [2.75, 3.05) is 0 Å². The Balaban J connectivity index is 2.70. The number of Topliss-reactive ketones (excluding diaryl/α,β-unsaturated/α-hetero) is 1. The van der Waals surface area contributed by atoms with Gasteiger partial charge in [0.05, 0.1) is 11.9 Å². The molecule has 0 fully saturated rings. The number of halogens is 3. The van der Waals surface area contributed by atoms with Gasteiger partial charge in [0, 0.05) is 5.92 Å². The number of nitrogens with zero attached hydrogens (tertiary/aromatic N) is 2. The summed E-state index contributed by atoms with van der Waals surface area (Å²) in [6.45, 7) is 3.90. The number of aromatic nitrogens is 2. The van der Waals surface area contributed by atoms with E-state index in [1.54, 1.807) is 12.3 Å². The van der Waals surface area contributed by atoms with Gasteiger partial charge >= 0.3 is 6.18 Å². The van der Waals surface area contributed by atoms with Crippen LogP contribution >= 0.6 is 0 Å². The molecule has 0 saturated heterocycles. The van der Waals surface area contributed by atoms with E-state index in [1.807, 2.05) is 25.5 Å². The molecule has 0 saturated carbocycles. The SMILES string of the molecule is CC(C)c1c2ccc(C(=O)C(F)(F)F)n2cc[n+]1C. The Kier molecular flexibility index (Phi) is 3.12. The Labute approximate surface area is 108 Å². The van der Waals surface area contributed by atoms with Gasteiger partial charge in [-0.05, 0) is 12.1 Å². The summed E-state index contributed by atoms with van der Waals surface area (Å²) in [6.07, 6.45) is -1.74. The molecule has 0 aliphatic heterocycles. The van der Waals surface area contributed by atoms with Crippen molar-refractivity contribution in [3.05, 3.63) is 35.9 Å². The van der Waals surface area contributed by atoms with Crippen LogP contribution in [0.15, 0.2) is 24.5 Å². The fraction of sp³-hybridized carbons (Fsp3) is 0.385. The number of rotatable bonds is 2. The lowest BCUT2D eigenvalue weighted by Crippen LogP contribution is -2.35. The number of ketones is 1. The highest BCUT2D eigenvalue weighted by molar-refractivity contribution is 6.00. The molecule has 0 atom stereocenters. The summed E-state index contributed by atoms with van der Waals surface area (Å²) in [4.78, 5) is 11.4. The maximum absolute atomic E-state index is 12.5. The number of carbonyl (C=O) groups excluding carboxylic acids is 1. The molecule has 0 spiro atoms. The van der Waals surface area contributed by atoms with Crippen LogP contribution in [0.3, 0.4) is 0 Å². The summed E-state index contributed by atoms with van der Waals surface area (Å²) < 4.78 is 40.7. The second-order valence-electron chi connectivity index (χ2n) is 4.75. The van der Waals surface area contributed by atoms with Crippen molar-refractivity contribution in [1.82, 2.24) is 4.40 Å². The molecular weight excluding hydrogens is 257 g/mol. The predicted molar refractivity (Wildman–Crippen MR) is 63.0 cm³/mol. The first-order valence-electron chi connectivity index (χ1n) is 5.84. The quantitative estimate of drug-likeness (QED) is 0.609. The number of hydrogen-bond donors (Lipinski definition) is 0. The highest BCUT2D eigenvalue weighted by Crippen LogP contribution is 2.25. The molecule has 0 aliphatic carbocycles. The minimum atomic E-state index is -4.86. The number of alkyl halides is 3. The average molecular weight is 271 g/mol. The van der Waals surface area contributed by atoms with Gasteiger partial charge in [-0.1, -0.05) is 13.8 Å². The second kappa shape index (κ2) is 4.36. The van der Waals surface area contributed by atoms with Crippen LogP contribution in [-0.4, -0.2) is 16.4 Å². The van der Waals surface area contributed by atoms with E-state index in [1.165, 1.54) is 16.7 Å². The fourth-order valence-electron chi connectivity index (χ4n) is 2.28. The van der Waals surface area contributed by atoms with E-state index in [9.17, 15) is 18.0 Å². The Morgan fingerprint density at radius 3 is 2.47 bits per heavy atom. The third-order valence-corrected chi connectivity index (χ3v) is 3.04. The van der Waals surface area contributed by atoms with E-state index < -0.39 is 12.0 Å². The summed E-state index contributed by atoms with van der Waals surface area (Å²) in [5, 5.41) is 0. The predicted octanol–water partition coefficient (Wildman–Crippen LogP) is 2.63. The van der Waals surface area contributed by atoms with Gasteiger partial charge in [0.2, 0.25) is 5.69 Å². The topological polar surface area (TPSA) is 25.4 Å². The Hall–Kier alpha value is -1.85. The van der Waals surface area contributed by atoms with Crippen LogP contribution in [0.2, 0.25) is 0 Å². The van der Waals surface area contributed by atoms with Gasteiger partial charge in [0.1, 0.15) is 12.6 Å². The number of aryl methyl sites for hydroxylation is 1. The maximum atomic E-state index is 12.5. The third-order valence-electron chi connectivity index (χ3n) is 3.04. The molecule has 0 unspecified atom stereocenters. The van der Waals surface area contributed by atoms with Gasteiger partial charge in [-0.2, -0.15) is 13.2 Å². The van der Waals surface area contributed by atoms with E-state index >= 15 is 0 Å². The lowest BCUT2D eigenvalue weighted by Gasteiger charge is -2.08. The first-order chi connectivity index (χ1) is 8.73. The molecule has 2 aromatic rings. The van der Waals surface area contributed by atoms with Gasteiger partial charge in [0.25, 0.3) is 5.78 Å². The zero-order chi connectivity index (χ0) is 14.4. The lowest BCUT2D eigenvalue weighted by molar-refractivity contribution is -0.679. The first-order valence-corrected chi connectivity index (χ1v) is 5.84. The molecule has 0 aliphatic rings. The van der Waals surface area contributed by atoms with Crippen molar-refractivity contribution in [1.29, 1.82) is 0 Å². The van der Waals surface area contributed by atoms with Gasteiger partial charge < -0.3 is 4.40 Å². The zero-order valence-electron chi connectivity index (χ0n) is 10.8. The van der Waals surface area contributed by atoms with Crippen molar-refractivity contribution in [3.63, 3.8) is 0 Å². The van der Waals surface area contributed by atoms with Crippen LogP contribution in [-0.2, 0) is 7.05 Å².